The molecule has 0 spiro atoms. The van der Waals surface area contributed by atoms with Crippen molar-refractivity contribution in [3.05, 3.63) is 0 Å². The summed E-state index contributed by atoms with van der Waals surface area (Å²) >= 11 is 0. The summed E-state index contributed by atoms with van der Waals surface area (Å²) in [5.41, 5.74) is 5.60. The summed E-state index contributed by atoms with van der Waals surface area (Å²) in [5.74, 6) is 0.0815. The van der Waals surface area contributed by atoms with Gasteiger partial charge in [0.2, 0.25) is 5.91 Å². The largest absolute Gasteiger partial charge is 0.394 e. The molecule has 0 aromatic heterocycles. The van der Waals surface area contributed by atoms with Crippen molar-refractivity contribution >= 4 is 5.91 Å². The molecule has 0 aliphatic carbocycles. The molecule has 4 heteroatoms. The second kappa shape index (κ2) is 6.08. The number of hydrogen-bond acceptors (Lipinski definition) is 3. The number of rotatable bonds is 5. The standard InChI is InChI=1S/C11H22N2O2/c1-2-4-9(7-12)11(15)13-6-3-5-10(13)8-14/h9-10,14H,2-8,12H2,1H3/t9?,10-/m0/s1. The SMILES string of the molecule is CCCC(CN)C(=O)N1CCC[C@H]1CO. The van der Waals surface area contributed by atoms with Crippen molar-refractivity contribution in [2.24, 2.45) is 11.7 Å². The van der Waals surface area contributed by atoms with E-state index in [2.05, 4.69) is 6.92 Å². The van der Waals surface area contributed by atoms with E-state index in [1.54, 1.807) is 0 Å². The average molecular weight is 214 g/mol. The third-order valence-electron chi connectivity index (χ3n) is 3.14. The molecule has 1 fully saturated rings. The summed E-state index contributed by atoms with van der Waals surface area (Å²) in [5, 5.41) is 9.14. The molecule has 3 N–H and O–H groups in total. The highest BCUT2D eigenvalue weighted by atomic mass is 16.3. The van der Waals surface area contributed by atoms with E-state index in [-0.39, 0.29) is 24.5 Å². The number of likely N-dealkylation sites (tertiary alicyclic amines) is 1. The molecule has 15 heavy (non-hydrogen) atoms. The quantitative estimate of drug-likeness (QED) is 0.693. The number of nitrogens with zero attached hydrogens (tertiary/aromatic N) is 1. The van der Waals surface area contributed by atoms with E-state index in [1.165, 1.54) is 0 Å². The molecule has 4 nitrogen and oxygen atoms in total. The Morgan fingerprint density at radius 1 is 1.67 bits per heavy atom. The lowest BCUT2D eigenvalue weighted by Crippen LogP contribution is -2.43. The maximum absolute atomic E-state index is 12.1. The van der Waals surface area contributed by atoms with Gasteiger partial charge in [0.05, 0.1) is 18.6 Å². The molecule has 1 saturated heterocycles. The number of aliphatic hydroxyl groups is 1. The fraction of sp³-hybridized carbons (Fsp3) is 0.909. The Kier molecular flexibility index (Phi) is 5.05. The molecule has 0 saturated carbocycles. The first-order valence-electron chi connectivity index (χ1n) is 5.86. The Balaban J connectivity index is 2.56. The molecule has 1 rings (SSSR count). The van der Waals surface area contributed by atoms with Crippen LogP contribution >= 0.6 is 0 Å². The molecule has 88 valence electrons. The first-order valence-corrected chi connectivity index (χ1v) is 5.86. The van der Waals surface area contributed by atoms with Gasteiger partial charge in [-0.3, -0.25) is 4.79 Å². The molecule has 0 aromatic rings. The molecular weight excluding hydrogens is 192 g/mol. The second-order valence-corrected chi connectivity index (χ2v) is 4.23. The highest BCUT2D eigenvalue weighted by molar-refractivity contribution is 5.79. The second-order valence-electron chi connectivity index (χ2n) is 4.23. The Bertz CT molecular complexity index is 209. The number of nitrogens with two attached hydrogens (primary N) is 1. The topological polar surface area (TPSA) is 66.6 Å². The van der Waals surface area contributed by atoms with Gasteiger partial charge in [0.15, 0.2) is 0 Å². The van der Waals surface area contributed by atoms with Crippen LogP contribution in [0, 0.1) is 5.92 Å². The molecule has 0 aromatic carbocycles. The highest BCUT2D eigenvalue weighted by Crippen LogP contribution is 2.20. The Labute approximate surface area is 91.4 Å². The van der Waals surface area contributed by atoms with Gasteiger partial charge in [-0.25, -0.2) is 0 Å². The van der Waals surface area contributed by atoms with Crippen LogP contribution in [0.3, 0.4) is 0 Å². The monoisotopic (exact) mass is 214 g/mol. The van der Waals surface area contributed by atoms with Crippen molar-refractivity contribution in [2.45, 2.75) is 38.6 Å². The number of aliphatic hydroxyl groups excluding tert-OH is 1. The van der Waals surface area contributed by atoms with Crippen LogP contribution < -0.4 is 5.73 Å². The van der Waals surface area contributed by atoms with Crippen LogP contribution in [-0.2, 0) is 4.79 Å². The van der Waals surface area contributed by atoms with Crippen LogP contribution in [-0.4, -0.2) is 41.7 Å². The maximum Gasteiger partial charge on any atom is 0.227 e. The number of carbonyl (C=O) groups excluding carboxylic acids is 1. The maximum atomic E-state index is 12.1. The summed E-state index contributed by atoms with van der Waals surface area (Å²) < 4.78 is 0. The van der Waals surface area contributed by atoms with Gasteiger partial charge in [-0.05, 0) is 19.3 Å². The summed E-state index contributed by atoms with van der Waals surface area (Å²) in [6.45, 7) is 3.34. The van der Waals surface area contributed by atoms with Gasteiger partial charge >= 0.3 is 0 Å². The van der Waals surface area contributed by atoms with Crippen molar-refractivity contribution < 1.29 is 9.90 Å². The molecule has 1 unspecified atom stereocenters. The van der Waals surface area contributed by atoms with Gasteiger partial charge in [0.25, 0.3) is 0 Å². The van der Waals surface area contributed by atoms with Crippen molar-refractivity contribution in [1.82, 2.24) is 4.90 Å². The van der Waals surface area contributed by atoms with Crippen LogP contribution in [0.4, 0.5) is 0 Å². The summed E-state index contributed by atoms with van der Waals surface area (Å²) in [6.07, 6.45) is 3.75. The van der Waals surface area contributed by atoms with Crippen LogP contribution in [0.2, 0.25) is 0 Å². The minimum absolute atomic E-state index is 0.0309. The minimum atomic E-state index is -0.0536. The molecule has 1 heterocycles. The zero-order valence-corrected chi connectivity index (χ0v) is 9.48. The first-order chi connectivity index (χ1) is 7.24. The summed E-state index contributed by atoms with van der Waals surface area (Å²) in [4.78, 5) is 13.9. The molecule has 0 radical (unpaired) electrons. The van der Waals surface area contributed by atoms with Crippen molar-refractivity contribution in [1.29, 1.82) is 0 Å². The zero-order valence-electron chi connectivity index (χ0n) is 9.48. The van der Waals surface area contributed by atoms with Crippen LogP contribution in [0.25, 0.3) is 0 Å². The van der Waals surface area contributed by atoms with Crippen molar-refractivity contribution in [3.63, 3.8) is 0 Å². The third kappa shape index (κ3) is 2.92. The number of carbonyl (C=O) groups is 1. The lowest BCUT2D eigenvalue weighted by molar-refractivity contribution is -0.137. The highest BCUT2D eigenvalue weighted by Gasteiger charge is 2.31. The van der Waals surface area contributed by atoms with E-state index >= 15 is 0 Å². The summed E-state index contributed by atoms with van der Waals surface area (Å²) in [7, 11) is 0. The van der Waals surface area contributed by atoms with Crippen molar-refractivity contribution in [2.75, 3.05) is 19.7 Å². The van der Waals surface area contributed by atoms with Crippen LogP contribution in [0.5, 0.6) is 0 Å². The molecule has 1 aliphatic rings. The van der Waals surface area contributed by atoms with E-state index in [1.807, 2.05) is 4.90 Å². The summed E-state index contributed by atoms with van der Waals surface area (Å²) in [6, 6.07) is 0.0309. The normalized spacial score (nSPS) is 23.1. The van der Waals surface area contributed by atoms with Gasteiger partial charge in [0.1, 0.15) is 0 Å². The smallest absolute Gasteiger partial charge is 0.227 e. The van der Waals surface area contributed by atoms with Crippen molar-refractivity contribution in [3.8, 4) is 0 Å². The predicted molar refractivity (Wildman–Crippen MR) is 59.3 cm³/mol. The zero-order chi connectivity index (χ0) is 11.3. The van der Waals surface area contributed by atoms with E-state index < -0.39 is 0 Å². The lowest BCUT2D eigenvalue weighted by atomic mass is 10.0. The van der Waals surface area contributed by atoms with Gasteiger partial charge < -0.3 is 15.7 Å². The Morgan fingerprint density at radius 2 is 2.40 bits per heavy atom. The Morgan fingerprint density at radius 3 is 2.93 bits per heavy atom. The number of amides is 1. The fourth-order valence-electron chi connectivity index (χ4n) is 2.24. The lowest BCUT2D eigenvalue weighted by Gasteiger charge is -2.27. The van der Waals surface area contributed by atoms with Gasteiger partial charge in [-0.1, -0.05) is 13.3 Å². The van der Waals surface area contributed by atoms with Crippen LogP contribution in [0.15, 0.2) is 0 Å². The van der Waals surface area contributed by atoms with Gasteiger partial charge in [-0.15, -0.1) is 0 Å². The van der Waals surface area contributed by atoms with E-state index in [0.29, 0.717) is 6.54 Å². The van der Waals surface area contributed by atoms with Gasteiger partial charge in [0, 0.05) is 13.1 Å². The molecule has 1 amide bonds. The first kappa shape index (κ1) is 12.5. The molecule has 0 bridgehead atoms. The van der Waals surface area contributed by atoms with E-state index in [9.17, 15) is 4.79 Å². The third-order valence-corrected chi connectivity index (χ3v) is 3.14. The molecule has 2 atom stereocenters. The van der Waals surface area contributed by atoms with E-state index in [4.69, 9.17) is 10.8 Å². The van der Waals surface area contributed by atoms with Crippen LogP contribution in [0.1, 0.15) is 32.6 Å². The fourth-order valence-corrected chi connectivity index (χ4v) is 2.24. The molecular formula is C11H22N2O2. The molecule has 1 aliphatic heterocycles. The average Bonchev–Trinajstić information content (AvgIpc) is 2.72. The Hall–Kier alpha value is -0.610. The van der Waals surface area contributed by atoms with Gasteiger partial charge in [-0.2, -0.15) is 0 Å². The number of hydrogen-bond donors (Lipinski definition) is 2. The predicted octanol–water partition coefficient (Wildman–Crippen LogP) is 0.345. The minimum Gasteiger partial charge on any atom is -0.394 e. The van der Waals surface area contributed by atoms with E-state index in [0.717, 1.165) is 32.2 Å².